The summed E-state index contributed by atoms with van der Waals surface area (Å²) in [7, 11) is 2.90. The van der Waals surface area contributed by atoms with Gasteiger partial charge in [0.25, 0.3) is 17.2 Å². The van der Waals surface area contributed by atoms with Gasteiger partial charge in [0.15, 0.2) is 0 Å². The van der Waals surface area contributed by atoms with Crippen LogP contribution in [0.25, 0.3) is 0 Å². The van der Waals surface area contributed by atoms with Crippen molar-refractivity contribution in [3.8, 4) is 0 Å². The Morgan fingerprint density at radius 3 is 2.22 bits per heavy atom. The number of anilines is 1. The number of carbonyl (C=O) groups is 2. The zero-order chi connectivity index (χ0) is 26.6. The first kappa shape index (κ1) is 26.5. The fourth-order valence-corrected chi connectivity index (χ4v) is 3.88. The SMILES string of the molecule is CC(C)=CCN(C(=O)CN1CCN(C(=O)c2ccc([N+](=O)[O-])cc2)CC1)c1cn(C)c(=O)n(C)c1=O. The van der Waals surface area contributed by atoms with Gasteiger partial charge in [-0.05, 0) is 26.0 Å². The number of carbonyl (C=O) groups excluding carboxylic acids is 2. The molecule has 0 radical (unpaired) electrons. The van der Waals surface area contributed by atoms with E-state index in [4.69, 9.17) is 0 Å². The Labute approximate surface area is 207 Å². The fraction of sp³-hybridized carbons (Fsp3) is 0.417. The van der Waals surface area contributed by atoms with Gasteiger partial charge in [0.05, 0.1) is 11.5 Å². The number of hydrogen-bond donors (Lipinski definition) is 0. The highest BCUT2D eigenvalue weighted by Crippen LogP contribution is 2.15. The standard InChI is InChI=1S/C24H30N6O6/c1-17(2)9-10-29(20-15-25(3)24(34)26(4)23(20)33)21(31)16-27-11-13-28(14-12-27)22(32)18-5-7-19(8-6-18)30(35)36/h5-9,15H,10-14,16H2,1-4H3. The second-order valence-electron chi connectivity index (χ2n) is 8.93. The number of benzene rings is 1. The predicted octanol–water partition coefficient (Wildman–Crippen LogP) is 0.749. The van der Waals surface area contributed by atoms with Crippen LogP contribution in [0.4, 0.5) is 11.4 Å². The van der Waals surface area contributed by atoms with E-state index < -0.39 is 16.2 Å². The maximum atomic E-state index is 13.3. The summed E-state index contributed by atoms with van der Waals surface area (Å²) in [6.07, 6.45) is 3.21. The lowest BCUT2D eigenvalue weighted by atomic mass is 10.1. The molecule has 0 N–H and O–H groups in total. The van der Waals surface area contributed by atoms with Crippen LogP contribution in [0, 0.1) is 10.1 Å². The molecule has 1 aromatic heterocycles. The number of amides is 2. The summed E-state index contributed by atoms with van der Waals surface area (Å²) < 4.78 is 2.24. The van der Waals surface area contributed by atoms with E-state index in [0.29, 0.717) is 31.7 Å². The Bertz CT molecular complexity index is 1300. The highest BCUT2D eigenvalue weighted by atomic mass is 16.6. The molecule has 3 rings (SSSR count). The fourth-order valence-electron chi connectivity index (χ4n) is 3.88. The average Bonchev–Trinajstić information content (AvgIpc) is 2.85. The summed E-state index contributed by atoms with van der Waals surface area (Å²) in [6, 6.07) is 5.47. The molecule has 2 amide bonds. The number of allylic oxidation sites excluding steroid dienone is 1. The third-order valence-electron chi connectivity index (χ3n) is 6.05. The molecule has 0 bridgehead atoms. The first-order chi connectivity index (χ1) is 17.0. The Balaban J connectivity index is 1.69. The molecule has 2 aromatic rings. The molecular weight excluding hydrogens is 468 g/mol. The first-order valence-corrected chi connectivity index (χ1v) is 11.5. The van der Waals surface area contributed by atoms with Crippen LogP contribution in [0.3, 0.4) is 0 Å². The number of non-ortho nitro benzene ring substituents is 1. The Hall–Kier alpha value is -4.06. The Morgan fingerprint density at radius 2 is 1.67 bits per heavy atom. The van der Waals surface area contributed by atoms with Crippen molar-refractivity contribution < 1.29 is 14.5 Å². The topological polar surface area (TPSA) is 131 Å². The van der Waals surface area contributed by atoms with Crippen LogP contribution in [-0.4, -0.2) is 74.9 Å². The Morgan fingerprint density at radius 1 is 1.06 bits per heavy atom. The molecule has 0 aliphatic carbocycles. The summed E-state index contributed by atoms with van der Waals surface area (Å²) in [4.78, 5) is 66.2. The van der Waals surface area contributed by atoms with Crippen molar-refractivity contribution in [3.63, 3.8) is 0 Å². The highest BCUT2D eigenvalue weighted by Gasteiger charge is 2.27. The largest absolute Gasteiger partial charge is 0.336 e. The molecule has 0 spiro atoms. The number of nitro groups is 1. The van der Waals surface area contributed by atoms with E-state index in [0.717, 1.165) is 10.1 Å². The van der Waals surface area contributed by atoms with E-state index in [1.807, 2.05) is 24.8 Å². The van der Waals surface area contributed by atoms with E-state index in [1.165, 1.54) is 54.0 Å². The predicted molar refractivity (Wildman–Crippen MR) is 134 cm³/mol. The van der Waals surface area contributed by atoms with Crippen LogP contribution < -0.4 is 16.1 Å². The molecule has 1 aromatic carbocycles. The smallest absolute Gasteiger partial charge is 0.330 e. The highest BCUT2D eigenvalue weighted by molar-refractivity contribution is 5.95. The average molecular weight is 499 g/mol. The summed E-state index contributed by atoms with van der Waals surface area (Å²) in [5.74, 6) is -0.520. The number of hydrogen-bond acceptors (Lipinski definition) is 7. The number of piperazine rings is 1. The third-order valence-corrected chi connectivity index (χ3v) is 6.05. The van der Waals surface area contributed by atoms with E-state index in [2.05, 4.69) is 0 Å². The lowest BCUT2D eigenvalue weighted by Crippen LogP contribution is -2.52. The van der Waals surface area contributed by atoms with E-state index in [1.54, 1.807) is 4.90 Å². The molecule has 12 heteroatoms. The monoisotopic (exact) mass is 498 g/mol. The van der Waals surface area contributed by atoms with Gasteiger partial charge in [0.2, 0.25) is 5.91 Å². The number of aromatic nitrogens is 2. The summed E-state index contributed by atoms with van der Waals surface area (Å²) in [5, 5.41) is 10.8. The van der Waals surface area contributed by atoms with Gasteiger partial charge < -0.3 is 14.4 Å². The molecule has 192 valence electrons. The maximum Gasteiger partial charge on any atom is 0.330 e. The third kappa shape index (κ3) is 5.95. The minimum absolute atomic E-state index is 0.0438. The summed E-state index contributed by atoms with van der Waals surface area (Å²) in [5.41, 5.74) is 0.352. The molecular formula is C24H30N6O6. The van der Waals surface area contributed by atoms with E-state index in [9.17, 15) is 29.3 Å². The first-order valence-electron chi connectivity index (χ1n) is 11.5. The zero-order valence-electron chi connectivity index (χ0n) is 20.8. The molecule has 36 heavy (non-hydrogen) atoms. The van der Waals surface area contributed by atoms with Crippen molar-refractivity contribution >= 4 is 23.2 Å². The van der Waals surface area contributed by atoms with Gasteiger partial charge in [-0.1, -0.05) is 11.6 Å². The van der Waals surface area contributed by atoms with E-state index >= 15 is 0 Å². The lowest BCUT2D eigenvalue weighted by molar-refractivity contribution is -0.384. The van der Waals surface area contributed by atoms with Crippen molar-refractivity contribution in [1.82, 2.24) is 18.9 Å². The molecule has 0 saturated carbocycles. The minimum atomic E-state index is -0.549. The van der Waals surface area contributed by atoms with E-state index in [-0.39, 0.29) is 36.3 Å². The quantitative estimate of drug-likeness (QED) is 0.313. The van der Waals surface area contributed by atoms with Crippen LogP contribution in [0.5, 0.6) is 0 Å². The summed E-state index contributed by atoms with van der Waals surface area (Å²) in [6.45, 7) is 5.69. The van der Waals surface area contributed by atoms with Crippen LogP contribution >= 0.6 is 0 Å². The molecule has 2 heterocycles. The van der Waals surface area contributed by atoms with Gasteiger partial charge in [-0.2, -0.15) is 0 Å². The number of nitrogens with zero attached hydrogens (tertiary/aromatic N) is 6. The number of nitro benzene ring substituents is 1. The molecule has 1 saturated heterocycles. The van der Waals surface area contributed by atoms with Crippen molar-refractivity contribution in [2.24, 2.45) is 14.1 Å². The lowest BCUT2D eigenvalue weighted by Gasteiger charge is -2.35. The zero-order valence-corrected chi connectivity index (χ0v) is 20.8. The van der Waals surface area contributed by atoms with Gasteiger partial charge in [0.1, 0.15) is 5.69 Å². The maximum absolute atomic E-state index is 13.3. The second kappa shape index (κ2) is 11.1. The van der Waals surface area contributed by atoms with Crippen molar-refractivity contribution in [3.05, 3.63) is 78.6 Å². The molecule has 0 atom stereocenters. The second-order valence-corrected chi connectivity index (χ2v) is 8.93. The van der Waals surface area contributed by atoms with Crippen LogP contribution in [0.15, 0.2) is 51.7 Å². The van der Waals surface area contributed by atoms with Crippen molar-refractivity contribution in [1.29, 1.82) is 0 Å². The van der Waals surface area contributed by atoms with Gasteiger partial charge in [-0.3, -0.25) is 34.0 Å². The minimum Gasteiger partial charge on any atom is -0.336 e. The normalized spacial score (nSPS) is 13.8. The van der Waals surface area contributed by atoms with Gasteiger partial charge >= 0.3 is 5.69 Å². The molecule has 1 fully saturated rings. The number of aryl methyl sites for hydroxylation is 1. The Kier molecular flexibility index (Phi) is 8.20. The van der Waals surface area contributed by atoms with Gasteiger partial charge in [0, 0.05) is 70.7 Å². The van der Waals surface area contributed by atoms with Gasteiger partial charge in [-0.15, -0.1) is 0 Å². The molecule has 1 aliphatic heterocycles. The van der Waals surface area contributed by atoms with Crippen molar-refractivity contribution in [2.45, 2.75) is 13.8 Å². The molecule has 0 unspecified atom stereocenters. The van der Waals surface area contributed by atoms with Crippen molar-refractivity contribution in [2.75, 3.05) is 44.2 Å². The van der Waals surface area contributed by atoms with Crippen LogP contribution in [0.2, 0.25) is 0 Å². The molecule has 1 aliphatic rings. The summed E-state index contributed by atoms with van der Waals surface area (Å²) >= 11 is 0. The van der Waals surface area contributed by atoms with Crippen LogP contribution in [-0.2, 0) is 18.9 Å². The molecule has 12 nitrogen and oxygen atoms in total. The van der Waals surface area contributed by atoms with Crippen LogP contribution in [0.1, 0.15) is 24.2 Å². The number of rotatable bonds is 7. The van der Waals surface area contributed by atoms with Gasteiger partial charge in [-0.25, -0.2) is 4.79 Å².